The predicted molar refractivity (Wildman–Crippen MR) is 149 cm³/mol. The average Bonchev–Trinajstić information content (AvgIpc) is 3.05. The van der Waals surface area contributed by atoms with Crippen LogP contribution in [0.3, 0.4) is 0 Å². The van der Waals surface area contributed by atoms with E-state index in [1.54, 1.807) is 0 Å². The Labute approximate surface area is 268 Å². The topological polar surface area (TPSA) is 155 Å². The number of rotatable bonds is 30. The molecule has 0 spiro atoms. The van der Waals surface area contributed by atoms with Crippen LogP contribution in [0.15, 0.2) is 0 Å². The van der Waals surface area contributed by atoms with Crippen LogP contribution in [-0.4, -0.2) is 122 Å². The smallest absolute Gasteiger partial charge is 0.313 e. The summed E-state index contributed by atoms with van der Waals surface area (Å²) in [5.74, 6) is -15.5. The lowest BCUT2D eigenvalue weighted by Gasteiger charge is -2.09. The molecule has 0 amide bonds. The lowest BCUT2D eigenvalue weighted by molar-refractivity contribution is -0.146. The van der Waals surface area contributed by atoms with Gasteiger partial charge in [0.25, 0.3) is 0 Å². The fourth-order valence-corrected chi connectivity index (χ4v) is 3.25. The number of halogens is 5. The number of benzene rings is 1. The molecule has 18 heteroatoms. The summed E-state index contributed by atoms with van der Waals surface area (Å²) in [4.78, 5) is 33.5. The third-order valence-corrected chi connectivity index (χ3v) is 5.58. The molecule has 1 rings (SSSR count). The number of carboxylic acids is 1. The Hall–Kier alpha value is -3.00. The third kappa shape index (κ3) is 20.8. The lowest BCUT2D eigenvalue weighted by atomic mass is 10.2. The molecule has 47 heavy (non-hydrogen) atoms. The van der Waals surface area contributed by atoms with Crippen molar-refractivity contribution in [2.45, 2.75) is 32.1 Å². The maximum absolute atomic E-state index is 13.5. The summed E-state index contributed by atoms with van der Waals surface area (Å²) < 4.78 is 113. The van der Waals surface area contributed by atoms with Crippen LogP contribution in [0, 0.1) is 29.1 Å². The minimum atomic E-state index is -2.36. The van der Waals surface area contributed by atoms with Crippen molar-refractivity contribution in [3.8, 4) is 5.75 Å². The number of ether oxygens (including phenoxy) is 9. The third-order valence-electron chi connectivity index (χ3n) is 5.58. The van der Waals surface area contributed by atoms with E-state index in [2.05, 4.69) is 4.74 Å². The highest BCUT2D eigenvalue weighted by Crippen LogP contribution is 2.29. The van der Waals surface area contributed by atoms with Gasteiger partial charge in [-0.1, -0.05) is 0 Å². The predicted octanol–water partition coefficient (Wildman–Crippen LogP) is 2.98. The molecular weight excluding hydrogens is 651 g/mol. The quantitative estimate of drug-likeness (QED) is 0.0314. The van der Waals surface area contributed by atoms with E-state index in [-0.39, 0.29) is 65.1 Å². The number of carbonyl (C=O) groups is 3. The summed E-state index contributed by atoms with van der Waals surface area (Å²) in [6, 6.07) is 0. The molecule has 0 radical (unpaired) electrons. The lowest BCUT2D eigenvalue weighted by Crippen LogP contribution is -2.16. The fourth-order valence-electron chi connectivity index (χ4n) is 3.25. The molecule has 13 nitrogen and oxygen atoms in total. The number of carbonyl (C=O) groups excluding carboxylic acids is 2. The highest BCUT2D eigenvalue weighted by molar-refractivity contribution is 5.72. The van der Waals surface area contributed by atoms with Crippen LogP contribution in [-0.2, 0) is 52.3 Å². The molecule has 0 saturated carbocycles. The van der Waals surface area contributed by atoms with E-state index < -0.39 is 53.2 Å². The van der Waals surface area contributed by atoms with Gasteiger partial charge in [-0.05, 0) is 12.8 Å². The zero-order chi connectivity index (χ0) is 34.7. The molecule has 0 unspecified atom stereocenters. The second kappa shape index (κ2) is 27.0. The van der Waals surface area contributed by atoms with E-state index in [1.165, 1.54) is 0 Å². The molecule has 0 atom stereocenters. The summed E-state index contributed by atoms with van der Waals surface area (Å²) in [7, 11) is 0. The Balaban J connectivity index is 1.80. The molecule has 0 aliphatic rings. The Morgan fingerprint density at radius 1 is 0.426 bits per heavy atom. The van der Waals surface area contributed by atoms with Crippen molar-refractivity contribution >= 4 is 17.9 Å². The molecule has 1 N–H and O–H groups in total. The molecule has 1 aromatic rings. The van der Waals surface area contributed by atoms with Crippen molar-refractivity contribution < 1.29 is 84.1 Å². The van der Waals surface area contributed by atoms with Crippen LogP contribution >= 0.6 is 0 Å². The number of unbranched alkanes of at least 4 members (excludes halogenated alkanes) is 1. The molecule has 0 heterocycles. The van der Waals surface area contributed by atoms with Crippen LogP contribution in [0.1, 0.15) is 32.1 Å². The second-order valence-electron chi connectivity index (χ2n) is 9.23. The van der Waals surface area contributed by atoms with Crippen LogP contribution in [0.5, 0.6) is 5.75 Å². The van der Waals surface area contributed by atoms with Crippen molar-refractivity contribution in [3.05, 3.63) is 29.1 Å². The van der Waals surface area contributed by atoms with Gasteiger partial charge < -0.3 is 47.7 Å². The maximum atomic E-state index is 13.5. The average molecular weight is 693 g/mol. The first kappa shape index (κ1) is 42.0. The van der Waals surface area contributed by atoms with Crippen molar-refractivity contribution in [1.29, 1.82) is 0 Å². The van der Waals surface area contributed by atoms with Gasteiger partial charge in [-0.15, -0.1) is 0 Å². The number of hydrogen-bond acceptors (Lipinski definition) is 12. The van der Waals surface area contributed by atoms with Gasteiger partial charge in [0, 0.05) is 12.8 Å². The molecule has 1 aromatic carbocycles. The summed E-state index contributed by atoms with van der Waals surface area (Å²) in [5.41, 5.74) is 0. The van der Waals surface area contributed by atoms with E-state index in [0.717, 1.165) is 0 Å². The van der Waals surface area contributed by atoms with Gasteiger partial charge in [0.05, 0.1) is 98.9 Å². The van der Waals surface area contributed by atoms with E-state index in [0.29, 0.717) is 65.7 Å². The normalized spacial score (nSPS) is 11.2. The Morgan fingerprint density at radius 2 is 0.766 bits per heavy atom. The van der Waals surface area contributed by atoms with E-state index in [4.69, 9.17) is 43.0 Å². The van der Waals surface area contributed by atoms with Crippen molar-refractivity contribution in [2.24, 2.45) is 0 Å². The Bertz CT molecular complexity index is 1020. The highest BCUT2D eigenvalue weighted by atomic mass is 19.2. The molecule has 0 saturated heterocycles. The SMILES string of the molecule is O=C(O)CCCCC(=O)OCCOCCOCCOCCOCCOCCOCCOCCC(=O)Oc1c(F)c(F)c(F)c(F)c1F. The standard InChI is InChI=1S/C29H41F5O13/c30-24-25(31)27(33)29(28(34)26(24)32)47-23(38)5-6-39-7-8-40-9-10-41-11-12-42-13-14-43-15-16-44-17-18-45-19-20-46-22(37)4-2-1-3-21(35)36/h1-20H2,(H,35,36). The molecular formula is C29H41F5O13. The Kier molecular flexibility index (Phi) is 24.1. The van der Waals surface area contributed by atoms with Crippen LogP contribution in [0.2, 0.25) is 0 Å². The van der Waals surface area contributed by atoms with E-state index >= 15 is 0 Å². The first-order chi connectivity index (χ1) is 22.6. The number of hydrogen-bond donors (Lipinski definition) is 1. The van der Waals surface area contributed by atoms with Crippen molar-refractivity contribution in [2.75, 3.05) is 99.1 Å². The van der Waals surface area contributed by atoms with Gasteiger partial charge in [-0.2, -0.15) is 8.78 Å². The fraction of sp³-hybridized carbons (Fsp3) is 0.690. The summed E-state index contributed by atoms with van der Waals surface area (Å²) in [5, 5.41) is 8.53. The Morgan fingerprint density at radius 3 is 1.17 bits per heavy atom. The van der Waals surface area contributed by atoms with Crippen LogP contribution in [0.25, 0.3) is 0 Å². The first-order valence-corrected chi connectivity index (χ1v) is 14.8. The number of aliphatic carboxylic acids is 1. The molecule has 0 aliphatic heterocycles. The van der Waals surface area contributed by atoms with Gasteiger partial charge in [-0.3, -0.25) is 14.4 Å². The zero-order valence-corrected chi connectivity index (χ0v) is 25.9. The van der Waals surface area contributed by atoms with Gasteiger partial charge in [-0.25, -0.2) is 13.2 Å². The van der Waals surface area contributed by atoms with Crippen molar-refractivity contribution in [1.82, 2.24) is 0 Å². The van der Waals surface area contributed by atoms with Gasteiger partial charge in [0.15, 0.2) is 0 Å². The van der Waals surface area contributed by atoms with E-state index in [1.807, 2.05) is 0 Å². The number of esters is 2. The second-order valence-corrected chi connectivity index (χ2v) is 9.23. The first-order valence-electron chi connectivity index (χ1n) is 14.8. The summed E-state index contributed by atoms with van der Waals surface area (Å²) in [6.07, 6.45) is 0.615. The van der Waals surface area contributed by atoms with Crippen LogP contribution in [0.4, 0.5) is 22.0 Å². The summed E-state index contributed by atoms with van der Waals surface area (Å²) >= 11 is 0. The largest absolute Gasteiger partial charge is 0.481 e. The molecule has 270 valence electrons. The van der Waals surface area contributed by atoms with Gasteiger partial charge >= 0.3 is 17.9 Å². The maximum Gasteiger partial charge on any atom is 0.313 e. The van der Waals surface area contributed by atoms with Gasteiger partial charge in [0.2, 0.25) is 34.8 Å². The monoisotopic (exact) mass is 692 g/mol. The van der Waals surface area contributed by atoms with Gasteiger partial charge in [0.1, 0.15) is 6.61 Å². The molecule has 0 aliphatic carbocycles. The van der Waals surface area contributed by atoms with E-state index in [9.17, 15) is 36.3 Å². The van der Waals surface area contributed by atoms with Crippen LogP contribution < -0.4 is 4.74 Å². The number of carboxylic acid groups (broad SMARTS) is 1. The minimum absolute atomic E-state index is 0.0321. The molecule has 0 bridgehead atoms. The summed E-state index contributed by atoms with van der Waals surface area (Å²) in [6.45, 7) is 3.75. The minimum Gasteiger partial charge on any atom is -0.481 e. The zero-order valence-electron chi connectivity index (χ0n) is 25.9. The highest BCUT2D eigenvalue weighted by Gasteiger charge is 2.28. The molecule has 0 aromatic heterocycles. The molecule has 0 fully saturated rings. The van der Waals surface area contributed by atoms with Crippen molar-refractivity contribution in [3.63, 3.8) is 0 Å².